The van der Waals surface area contributed by atoms with E-state index in [-0.39, 0.29) is 12.4 Å². The van der Waals surface area contributed by atoms with Crippen LogP contribution in [0.5, 0.6) is 0 Å². The van der Waals surface area contributed by atoms with Crippen molar-refractivity contribution in [3.63, 3.8) is 0 Å². The van der Waals surface area contributed by atoms with E-state index in [4.69, 9.17) is 0 Å². The number of quaternary nitrogens is 1. The van der Waals surface area contributed by atoms with Gasteiger partial charge in [-0.15, -0.1) is 0 Å². The van der Waals surface area contributed by atoms with Gasteiger partial charge in [0.05, 0.1) is 12.8 Å². The molecule has 1 rings (SSSR count). The lowest BCUT2D eigenvalue weighted by atomic mass is 10.1. The van der Waals surface area contributed by atoms with Crippen molar-refractivity contribution >= 4 is 6.21 Å². The summed E-state index contributed by atoms with van der Waals surface area (Å²) in [7, 11) is 0. The summed E-state index contributed by atoms with van der Waals surface area (Å²) in [6, 6.07) is 0. The molecule has 3 nitrogen and oxygen atoms in total. The molecule has 0 radical (unpaired) electrons. The highest BCUT2D eigenvalue weighted by atomic mass is 16.3. The summed E-state index contributed by atoms with van der Waals surface area (Å²) < 4.78 is 0.734. The normalized spacial score (nSPS) is 25.5. The van der Waals surface area contributed by atoms with Gasteiger partial charge in [-0.25, -0.2) is 4.99 Å². The van der Waals surface area contributed by atoms with Crippen LogP contribution >= 0.6 is 0 Å². The maximum absolute atomic E-state index is 10.1. The first-order valence-corrected chi connectivity index (χ1v) is 9.88. The van der Waals surface area contributed by atoms with Crippen molar-refractivity contribution in [2.24, 2.45) is 4.99 Å². The van der Waals surface area contributed by atoms with E-state index in [0.29, 0.717) is 0 Å². The zero-order chi connectivity index (χ0) is 17.0. The van der Waals surface area contributed by atoms with Crippen molar-refractivity contribution < 1.29 is 9.59 Å². The molecule has 0 aromatic rings. The van der Waals surface area contributed by atoms with E-state index in [1.54, 1.807) is 0 Å². The Morgan fingerprint density at radius 2 is 1.74 bits per heavy atom. The van der Waals surface area contributed by atoms with Gasteiger partial charge in [0.15, 0.2) is 12.4 Å². The standard InChI is InChI=1S/C20H39N2O/c1-4-6-7-8-9-10-11-12-13-14-15-16-20-21-17-18-22(20,5-2)19(3)23/h10-11,17,19-20,23H,4-9,12-16,18H2,1-3H3/q+1/b11-10+. The molecule has 0 bridgehead atoms. The summed E-state index contributed by atoms with van der Waals surface area (Å²) in [5.41, 5.74) is 0. The van der Waals surface area contributed by atoms with Crippen molar-refractivity contribution in [3.05, 3.63) is 12.2 Å². The van der Waals surface area contributed by atoms with Gasteiger partial charge in [-0.2, -0.15) is 0 Å². The van der Waals surface area contributed by atoms with Crippen LogP contribution in [0.4, 0.5) is 0 Å². The average Bonchev–Trinajstić information content (AvgIpc) is 2.97. The molecule has 0 saturated heterocycles. The monoisotopic (exact) mass is 323 g/mol. The van der Waals surface area contributed by atoms with Gasteiger partial charge >= 0.3 is 0 Å². The molecule has 0 amide bonds. The van der Waals surface area contributed by atoms with Gasteiger partial charge in [-0.05, 0) is 39.0 Å². The molecule has 0 spiro atoms. The van der Waals surface area contributed by atoms with Crippen LogP contribution in [0.25, 0.3) is 0 Å². The first-order valence-electron chi connectivity index (χ1n) is 9.88. The number of aliphatic hydroxyl groups is 1. The highest BCUT2D eigenvalue weighted by molar-refractivity contribution is 5.60. The molecule has 0 fully saturated rings. The van der Waals surface area contributed by atoms with Crippen LogP contribution in [0.3, 0.4) is 0 Å². The molecule has 23 heavy (non-hydrogen) atoms. The Bertz CT molecular complexity index is 352. The van der Waals surface area contributed by atoms with E-state index < -0.39 is 0 Å². The second-order valence-corrected chi connectivity index (χ2v) is 7.00. The number of aliphatic imine (C=N–C) groups is 1. The van der Waals surface area contributed by atoms with Crippen molar-refractivity contribution in [1.29, 1.82) is 0 Å². The summed E-state index contributed by atoms with van der Waals surface area (Å²) in [5.74, 6) is 0. The van der Waals surface area contributed by atoms with E-state index in [2.05, 4.69) is 31.0 Å². The van der Waals surface area contributed by atoms with Crippen molar-refractivity contribution in [2.45, 2.75) is 97.4 Å². The summed E-state index contributed by atoms with van der Waals surface area (Å²) in [6.45, 7) is 8.19. The fourth-order valence-corrected chi connectivity index (χ4v) is 3.60. The Hall–Kier alpha value is -0.670. The minimum Gasteiger partial charge on any atom is -0.345 e. The average molecular weight is 324 g/mol. The summed E-state index contributed by atoms with van der Waals surface area (Å²) in [6.07, 6.45) is 19.5. The predicted molar refractivity (Wildman–Crippen MR) is 101 cm³/mol. The van der Waals surface area contributed by atoms with Gasteiger partial charge in [0.25, 0.3) is 0 Å². The number of aliphatic hydroxyl groups excluding tert-OH is 1. The van der Waals surface area contributed by atoms with Crippen LogP contribution in [0, 0.1) is 0 Å². The Balaban J connectivity index is 2.08. The number of nitrogens with zero attached hydrogens (tertiary/aromatic N) is 2. The number of allylic oxidation sites excluding steroid dienone is 2. The molecule has 0 saturated carbocycles. The molecule has 1 aliphatic rings. The van der Waals surface area contributed by atoms with Crippen molar-refractivity contribution in [1.82, 2.24) is 0 Å². The number of unbranched alkanes of at least 4 members (excludes halogenated alkanes) is 7. The highest BCUT2D eigenvalue weighted by Crippen LogP contribution is 2.26. The van der Waals surface area contributed by atoms with Gasteiger partial charge in [0.2, 0.25) is 0 Å². The highest BCUT2D eigenvalue weighted by Gasteiger charge is 2.41. The molecule has 3 heteroatoms. The predicted octanol–water partition coefficient (Wildman–Crippen LogP) is 5.05. The molecule has 3 unspecified atom stereocenters. The Labute approximate surface area is 144 Å². The van der Waals surface area contributed by atoms with E-state index >= 15 is 0 Å². The lowest BCUT2D eigenvalue weighted by Crippen LogP contribution is -2.57. The van der Waals surface area contributed by atoms with Crippen LogP contribution in [-0.4, -0.2) is 41.3 Å². The van der Waals surface area contributed by atoms with Gasteiger partial charge in [0, 0.05) is 13.3 Å². The fraction of sp³-hybridized carbons (Fsp3) is 0.850. The summed E-state index contributed by atoms with van der Waals surface area (Å²) >= 11 is 0. The van der Waals surface area contributed by atoms with Crippen LogP contribution < -0.4 is 0 Å². The van der Waals surface area contributed by atoms with Gasteiger partial charge in [0.1, 0.15) is 6.54 Å². The van der Waals surface area contributed by atoms with Crippen LogP contribution in [0.1, 0.15) is 85.0 Å². The molecule has 1 N–H and O–H groups in total. The number of hydrogen-bond acceptors (Lipinski definition) is 2. The van der Waals surface area contributed by atoms with E-state index in [9.17, 15) is 5.11 Å². The van der Waals surface area contributed by atoms with Crippen LogP contribution in [-0.2, 0) is 0 Å². The lowest BCUT2D eigenvalue weighted by molar-refractivity contribution is -0.976. The lowest BCUT2D eigenvalue weighted by Gasteiger charge is -2.40. The quantitative estimate of drug-likeness (QED) is 0.287. The van der Waals surface area contributed by atoms with Crippen LogP contribution in [0.2, 0.25) is 0 Å². The number of rotatable bonds is 13. The smallest absolute Gasteiger partial charge is 0.189 e. The second-order valence-electron chi connectivity index (χ2n) is 7.00. The Morgan fingerprint density at radius 1 is 1.09 bits per heavy atom. The molecule has 134 valence electrons. The second kappa shape index (κ2) is 11.8. The molecular formula is C20H39N2O+. The largest absolute Gasteiger partial charge is 0.345 e. The molecule has 0 aliphatic carbocycles. The molecule has 3 atom stereocenters. The van der Waals surface area contributed by atoms with Gasteiger partial charge in [-0.1, -0.05) is 44.8 Å². The molecule has 1 aliphatic heterocycles. The maximum atomic E-state index is 10.1. The SMILES string of the molecule is CCCCCC/C=C/CCCCCC1N=CC[N+]1(CC)C(C)O. The molecule has 1 heterocycles. The number of hydrogen-bond donors (Lipinski definition) is 1. The van der Waals surface area contributed by atoms with Gasteiger partial charge in [-0.3, -0.25) is 4.48 Å². The topological polar surface area (TPSA) is 32.6 Å². The van der Waals surface area contributed by atoms with Crippen molar-refractivity contribution in [3.8, 4) is 0 Å². The summed E-state index contributed by atoms with van der Waals surface area (Å²) in [5, 5.41) is 10.1. The van der Waals surface area contributed by atoms with E-state index in [1.165, 1.54) is 57.8 Å². The van der Waals surface area contributed by atoms with E-state index in [0.717, 1.165) is 24.0 Å². The third kappa shape index (κ3) is 6.76. The minimum atomic E-state index is -0.317. The third-order valence-electron chi connectivity index (χ3n) is 5.35. The molecule has 0 aromatic carbocycles. The zero-order valence-corrected chi connectivity index (χ0v) is 15.7. The van der Waals surface area contributed by atoms with E-state index in [1.807, 2.05) is 13.1 Å². The minimum absolute atomic E-state index is 0.272. The fourth-order valence-electron chi connectivity index (χ4n) is 3.60. The first kappa shape index (κ1) is 20.4. The molecular weight excluding hydrogens is 284 g/mol. The summed E-state index contributed by atoms with van der Waals surface area (Å²) in [4.78, 5) is 4.64. The van der Waals surface area contributed by atoms with Crippen molar-refractivity contribution in [2.75, 3.05) is 13.1 Å². The van der Waals surface area contributed by atoms with Crippen LogP contribution in [0.15, 0.2) is 17.1 Å². The first-order chi connectivity index (χ1) is 11.2. The van der Waals surface area contributed by atoms with Gasteiger partial charge < -0.3 is 5.11 Å². The third-order valence-corrected chi connectivity index (χ3v) is 5.35. The maximum Gasteiger partial charge on any atom is 0.189 e. The Morgan fingerprint density at radius 3 is 2.30 bits per heavy atom. The molecule has 0 aromatic heterocycles. The Kier molecular flexibility index (Phi) is 10.5. The zero-order valence-electron chi connectivity index (χ0n) is 15.7.